The molecule has 15 heavy (non-hydrogen) atoms. The summed E-state index contributed by atoms with van der Waals surface area (Å²) < 4.78 is 10.8. The van der Waals surface area contributed by atoms with Gasteiger partial charge >= 0.3 is 102 Å². The number of hydrogen-bond acceptors (Lipinski definition) is 3. The summed E-state index contributed by atoms with van der Waals surface area (Å²) in [6.07, 6.45) is 0. The molecular weight excluding hydrogens is 301 g/mol. The maximum absolute atomic E-state index is 11.6. The first-order valence-electron chi connectivity index (χ1n) is 4.37. The Morgan fingerprint density at radius 3 is 2.20 bits per heavy atom. The first kappa shape index (κ1) is 12.2. The third-order valence-electron chi connectivity index (χ3n) is 1.86. The molecule has 0 aromatic heterocycles. The minimum atomic E-state index is -0.107. The third kappa shape index (κ3) is 3.30. The molecule has 1 aromatic rings. The number of rotatable bonds is 4. The molecule has 0 spiro atoms. The maximum atomic E-state index is 11.6. The molecule has 0 fully saturated rings. The van der Waals surface area contributed by atoms with Crippen LogP contribution in [0.1, 0.15) is 10.4 Å². The van der Waals surface area contributed by atoms with Gasteiger partial charge in [0, 0.05) is 0 Å². The molecule has 1 aromatic carbocycles. The summed E-state index contributed by atoms with van der Waals surface area (Å²) in [6.45, 7) is 0. The van der Waals surface area contributed by atoms with Crippen molar-refractivity contribution >= 4 is 28.4 Å². The van der Waals surface area contributed by atoms with E-state index in [4.69, 9.17) is 9.47 Å². The molecule has 4 nitrogen and oxygen atoms in total. The molecule has 0 unspecified atom stereocenters. The average Bonchev–Trinajstić information content (AvgIpc) is 2.28. The van der Waals surface area contributed by atoms with Crippen molar-refractivity contribution in [2.45, 2.75) is 0 Å². The SMILES string of the molecule is COc1cc(OC)cc(C(=O)N[CH2][Sn])c1. The van der Waals surface area contributed by atoms with E-state index in [2.05, 4.69) is 5.32 Å². The van der Waals surface area contributed by atoms with Crippen LogP contribution in [0, 0.1) is 0 Å². The standard InChI is InChI=1S/C10H12NO3.Sn/c1-11-10(12)7-4-8(13-2)6-9(5-7)14-3;/h4-6H,1H2,2-3H3,(H,11,12);. The monoisotopic (exact) mass is 314 g/mol. The van der Waals surface area contributed by atoms with Gasteiger partial charge in [0.1, 0.15) is 0 Å². The molecule has 1 amide bonds. The molecule has 3 radical (unpaired) electrons. The second-order valence-electron chi connectivity index (χ2n) is 2.78. The van der Waals surface area contributed by atoms with Crippen molar-refractivity contribution in [3.63, 3.8) is 0 Å². The van der Waals surface area contributed by atoms with Crippen LogP contribution in [0.3, 0.4) is 0 Å². The molecule has 0 bridgehead atoms. The van der Waals surface area contributed by atoms with Crippen molar-refractivity contribution in [2.75, 3.05) is 18.8 Å². The fourth-order valence-electron chi connectivity index (χ4n) is 1.12. The van der Waals surface area contributed by atoms with Crippen molar-refractivity contribution in [3.05, 3.63) is 23.8 Å². The Hall–Kier alpha value is -0.911. The number of amides is 1. The molecular formula is C10H12NO3Sn. The summed E-state index contributed by atoms with van der Waals surface area (Å²) in [5.41, 5.74) is 0.550. The van der Waals surface area contributed by atoms with Gasteiger partial charge in [0.05, 0.1) is 0 Å². The number of nitrogens with one attached hydrogen (secondary N) is 1. The second-order valence-corrected chi connectivity index (χ2v) is 3.79. The summed E-state index contributed by atoms with van der Waals surface area (Å²) in [5.74, 6) is 1.12. The molecule has 0 heterocycles. The van der Waals surface area contributed by atoms with E-state index < -0.39 is 0 Å². The Balaban J connectivity index is 3.01. The molecule has 1 N–H and O–H groups in total. The Kier molecular flexibility index (Phi) is 4.74. The van der Waals surface area contributed by atoms with Gasteiger partial charge in [-0.1, -0.05) is 0 Å². The number of carbonyl (C=O) groups excluding carboxylic acids is 1. The van der Waals surface area contributed by atoms with Crippen molar-refractivity contribution in [1.29, 1.82) is 0 Å². The molecule has 0 saturated heterocycles. The summed E-state index contributed by atoms with van der Waals surface area (Å²) >= 11 is 1.27. The van der Waals surface area contributed by atoms with E-state index in [0.29, 0.717) is 21.6 Å². The molecule has 79 valence electrons. The van der Waals surface area contributed by atoms with E-state index >= 15 is 0 Å². The fourth-order valence-corrected chi connectivity index (χ4v) is 1.58. The van der Waals surface area contributed by atoms with Gasteiger partial charge in [0.25, 0.3) is 0 Å². The predicted molar refractivity (Wildman–Crippen MR) is 57.6 cm³/mol. The molecule has 5 heteroatoms. The quantitative estimate of drug-likeness (QED) is 0.827. The normalized spacial score (nSPS) is 9.53. The van der Waals surface area contributed by atoms with Crippen molar-refractivity contribution in [3.8, 4) is 11.5 Å². The Bertz CT molecular complexity index is 332. The van der Waals surface area contributed by atoms with Gasteiger partial charge < -0.3 is 0 Å². The van der Waals surface area contributed by atoms with Crippen LogP contribution < -0.4 is 14.8 Å². The van der Waals surface area contributed by atoms with Crippen molar-refractivity contribution in [1.82, 2.24) is 5.32 Å². The van der Waals surface area contributed by atoms with Gasteiger partial charge in [-0.25, -0.2) is 0 Å². The van der Waals surface area contributed by atoms with E-state index in [1.165, 1.54) is 22.5 Å². The Labute approximate surface area is 102 Å². The second kappa shape index (κ2) is 5.85. The number of ether oxygens (including phenoxy) is 2. The minimum absolute atomic E-state index is 0.107. The van der Waals surface area contributed by atoms with Crippen LogP contribution in [-0.2, 0) is 0 Å². The van der Waals surface area contributed by atoms with Crippen LogP contribution in [0.5, 0.6) is 11.5 Å². The van der Waals surface area contributed by atoms with Gasteiger partial charge in [-0.3, -0.25) is 0 Å². The van der Waals surface area contributed by atoms with E-state index in [-0.39, 0.29) is 5.91 Å². The summed E-state index contributed by atoms with van der Waals surface area (Å²) in [7, 11) is 3.11. The molecule has 1 rings (SSSR count). The van der Waals surface area contributed by atoms with E-state index in [1.807, 2.05) is 0 Å². The predicted octanol–water partition coefficient (Wildman–Crippen LogP) is 0.560. The van der Waals surface area contributed by atoms with E-state index in [9.17, 15) is 4.79 Å². The van der Waals surface area contributed by atoms with Crippen LogP contribution in [-0.4, -0.2) is 47.2 Å². The number of methoxy groups -OCH3 is 2. The summed E-state index contributed by atoms with van der Waals surface area (Å²) in [5, 5.41) is 2.75. The average molecular weight is 313 g/mol. The van der Waals surface area contributed by atoms with Gasteiger partial charge in [-0.15, -0.1) is 0 Å². The number of benzene rings is 1. The zero-order chi connectivity index (χ0) is 11.3. The van der Waals surface area contributed by atoms with Gasteiger partial charge in [0.15, 0.2) is 0 Å². The van der Waals surface area contributed by atoms with Gasteiger partial charge in [0.2, 0.25) is 0 Å². The van der Waals surface area contributed by atoms with Gasteiger partial charge in [-0.2, -0.15) is 0 Å². The Morgan fingerprint density at radius 1 is 1.27 bits per heavy atom. The van der Waals surface area contributed by atoms with Crippen LogP contribution >= 0.6 is 0 Å². The summed E-state index contributed by atoms with van der Waals surface area (Å²) in [4.78, 5) is 11.6. The number of carbonyl (C=O) groups is 1. The molecule has 0 aliphatic heterocycles. The first-order valence-corrected chi connectivity index (χ1v) is 6.39. The molecule has 0 aliphatic carbocycles. The first-order chi connectivity index (χ1) is 7.21. The Morgan fingerprint density at radius 2 is 1.80 bits per heavy atom. The van der Waals surface area contributed by atoms with Crippen LogP contribution in [0.4, 0.5) is 0 Å². The summed E-state index contributed by atoms with van der Waals surface area (Å²) in [6, 6.07) is 5.10. The van der Waals surface area contributed by atoms with Crippen molar-refractivity contribution < 1.29 is 14.3 Å². The topological polar surface area (TPSA) is 47.6 Å². The van der Waals surface area contributed by atoms with Crippen LogP contribution in [0.15, 0.2) is 18.2 Å². The van der Waals surface area contributed by atoms with E-state index in [1.54, 1.807) is 32.4 Å². The molecule has 0 saturated carbocycles. The van der Waals surface area contributed by atoms with Crippen LogP contribution in [0.2, 0.25) is 0 Å². The fraction of sp³-hybridized carbons (Fsp3) is 0.300. The van der Waals surface area contributed by atoms with Crippen molar-refractivity contribution in [2.24, 2.45) is 0 Å². The van der Waals surface area contributed by atoms with E-state index in [0.717, 1.165) is 0 Å². The van der Waals surface area contributed by atoms with Gasteiger partial charge in [-0.05, 0) is 0 Å². The number of hydrogen-bond donors (Lipinski definition) is 1. The molecule has 0 aliphatic rings. The zero-order valence-corrected chi connectivity index (χ0v) is 11.5. The zero-order valence-electron chi connectivity index (χ0n) is 8.66. The molecule has 0 atom stereocenters. The van der Waals surface area contributed by atoms with Crippen LogP contribution in [0.25, 0.3) is 0 Å². The third-order valence-corrected chi connectivity index (χ3v) is 2.37.